The van der Waals surface area contributed by atoms with Crippen molar-refractivity contribution in [3.05, 3.63) is 12.7 Å². The smallest absolute Gasteiger partial charge is 0.182 e. The Labute approximate surface area is 75.0 Å². The van der Waals surface area contributed by atoms with Gasteiger partial charge in [0.1, 0.15) is 11.8 Å². The van der Waals surface area contributed by atoms with E-state index in [4.69, 9.17) is 0 Å². The minimum absolute atomic E-state index is 0.191. The van der Waals surface area contributed by atoms with Crippen LogP contribution in [0.1, 0.15) is 0 Å². The number of nitrogens with zero attached hydrogens (tertiary/aromatic N) is 3. The van der Waals surface area contributed by atoms with E-state index in [1.165, 1.54) is 12.7 Å². The van der Waals surface area contributed by atoms with Crippen molar-refractivity contribution in [1.29, 1.82) is 0 Å². The molecule has 2 rings (SSSR count). The lowest BCUT2D eigenvalue weighted by atomic mass is 10.5. The second kappa shape index (κ2) is 3.07. The third-order valence-electron chi connectivity index (χ3n) is 1.40. The summed E-state index contributed by atoms with van der Waals surface area (Å²) in [5, 5.41) is 0. The van der Waals surface area contributed by atoms with Crippen LogP contribution in [0.5, 0.6) is 0 Å². The molecule has 2 N–H and O–H groups in total. The van der Waals surface area contributed by atoms with Crippen LogP contribution in [0.25, 0.3) is 11.2 Å². The number of hydrogen-bond acceptors (Lipinski definition) is 5. The van der Waals surface area contributed by atoms with Gasteiger partial charge in [-0.3, -0.25) is 8.93 Å². The maximum absolute atomic E-state index is 10.3. The zero-order valence-electron chi connectivity index (χ0n) is 6.22. The van der Waals surface area contributed by atoms with E-state index >= 15 is 0 Å². The van der Waals surface area contributed by atoms with Crippen LogP contribution in [0.2, 0.25) is 0 Å². The predicted molar refractivity (Wildman–Crippen MR) is 44.2 cm³/mol. The van der Waals surface area contributed by atoms with Gasteiger partial charge in [0.25, 0.3) is 0 Å². The first-order valence-electron chi connectivity index (χ1n) is 3.27. The molecule has 0 aliphatic carbocycles. The fourth-order valence-electron chi connectivity index (χ4n) is 0.921. The average Bonchev–Trinajstić information content (AvgIpc) is 2.51. The Balaban J connectivity index is 2.54. The second-order valence-corrected chi connectivity index (χ2v) is 2.83. The van der Waals surface area contributed by atoms with Gasteiger partial charge < -0.3 is 9.54 Å². The summed E-state index contributed by atoms with van der Waals surface area (Å²) < 4.78 is 22.8. The van der Waals surface area contributed by atoms with Gasteiger partial charge in [0.15, 0.2) is 11.5 Å². The molecule has 0 radical (unpaired) electrons. The standard InChI is InChI=1S/C5H5N5O2S/c11-13(12)10-5-3-4(7-1-6-3)8-2-9-5/h1-2H,(H,11,12)(H2,6,7,8,9,10)/p-1. The molecule has 7 nitrogen and oxygen atoms in total. The third kappa shape index (κ3) is 1.48. The van der Waals surface area contributed by atoms with E-state index in [-0.39, 0.29) is 5.82 Å². The van der Waals surface area contributed by atoms with Gasteiger partial charge in [0.2, 0.25) is 0 Å². The van der Waals surface area contributed by atoms with Crippen LogP contribution in [0, 0.1) is 0 Å². The van der Waals surface area contributed by atoms with E-state index in [0.717, 1.165) is 0 Å². The van der Waals surface area contributed by atoms with Crippen LogP contribution in [0.4, 0.5) is 5.82 Å². The number of aromatic amines is 1. The Morgan fingerprint density at radius 2 is 2.31 bits per heavy atom. The molecule has 2 aromatic heterocycles. The van der Waals surface area contributed by atoms with Crippen molar-refractivity contribution in [1.82, 2.24) is 19.9 Å². The zero-order chi connectivity index (χ0) is 9.26. The SMILES string of the molecule is O=S([O-])Nc1ncnc2nc[nH]c12. The van der Waals surface area contributed by atoms with Gasteiger partial charge in [-0.1, -0.05) is 0 Å². The van der Waals surface area contributed by atoms with Crippen LogP contribution in [0.3, 0.4) is 0 Å². The van der Waals surface area contributed by atoms with Gasteiger partial charge in [-0.25, -0.2) is 15.0 Å². The fourth-order valence-corrected chi connectivity index (χ4v) is 1.23. The van der Waals surface area contributed by atoms with Gasteiger partial charge >= 0.3 is 0 Å². The van der Waals surface area contributed by atoms with Crippen molar-refractivity contribution in [2.75, 3.05) is 4.72 Å². The van der Waals surface area contributed by atoms with E-state index in [9.17, 15) is 8.76 Å². The van der Waals surface area contributed by atoms with Gasteiger partial charge in [0, 0.05) is 11.3 Å². The number of hydrogen-bond donors (Lipinski definition) is 2. The second-order valence-electron chi connectivity index (χ2n) is 2.16. The monoisotopic (exact) mass is 198 g/mol. The highest BCUT2D eigenvalue weighted by Gasteiger charge is 2.03. The topological polar surface area (TPSA) is 107 Å². The third-order valence-corrected chi connectivity index (χ3v) is 1.76. The van der Waals surface area contributed by atoms with Gasteiger partial charge in [0.05, 0.1) is 6.33 Å². The molecule has 0 aliphatic heterocycles. The number of anilines is 1. The lowest BCUT2D eigenvalue weighted by molar-refractivity contribution is 0.542. The van der Waals surface area contributed by atoms with Crippen LogP contribution in [-0.4, -0.2) is 28.7 Å². The molecule has 2 aromatic rings. The average molecular weight is 198 g/mol. The fraction of sp³-hybridized carbons (Fsp3) is 0. The summed E-state index contributed by atoms with van der Waals surface area (Å²) in [5.41, 5.74) is 0.884. The van der Waals surface area contributed by atoms with E-state index in [1.54, 1.807) is 0 Å². The highest BCUT2D eigenvalue weighted by molar-refractivity contribution is 7.80. The maximum Gasteiger partial charge on any atom is 0.182 e. The molecule has 1 unspecified atom stereocenters. The molecule has 8 heteroatoms. The molecule has 0 spiro atoms. The molecular formula is C5H4N5O2S-. The highest BCUT2D eigenvalue weighted by Crippen LogP contribution is 2.13. The maximum atomic E-state index is 10.3. The van der Waals surface area contributed by atoms with Crippen LogP contribution < -0.4 is 4.72 Å². The van der Waals surface area contributed by atoms with Crippen LogP contribution in [0.15, 0.2) is 12.7 Å². The summed E-state index contributed by atoms with van der Waals surface area (Å²) in [5.74, 6) is 0.191. The molecule has 0 bridgehead atoms. The number of aromatic nitrogens is 4. The Kier molecular flexibility index (Phi) is 1.91. The van der Waals surface area contributed by atoms with Gasteiger partial charge in [-0.2, -0.15) is 0 Å². The van der Waals surface area contributed by atoms with E-state index in [1.807, 2.05) is 0 Å². The molecule has 1 atom stereocenters. The Morgan fingerprint density at radius 3 is 3.08 bits per heavy atom. The van der Waals surface area contributed by atoms with Crippen LogP contribution >= 0.6 is 0 Å². The van der Waals surface area contributed by atoms with E-state index < -0.39 is 11.3 Å². The summed E-state index contributed by atoms with van der Waals surface area (Å²) in [4.78, 5) is 14.1. The quantitative estimate of drug-likeness (QED) is 0.636. The predicted octanol–water partition coefficient (Wildman–Crippen LogP) is -0.441. The van der Waals surface area contributed by atoms with Crippen molar-refractivity contribution in [2.24, 2.45) is 0 Å². The number of nitrogens with one attached hydrogen (secondary N) is 2. The molecular weight excluding hydrogens is 194 g/mol. The largest absolute Gasteiger partial charge is 0.755 e. The Morgan fingerprint density at radius 1 is 1.46 bits per heavy atom. The molecule has 0 aromatic carbocycles. The number of rotatable bonds is 2. The number of imidazole rings is 1. The van der Waals surface area contributed by atoms with Crippen LogP contribution in [-0.2, 0) is 11.3 Å². The van der Waals surface area contributed by atoms with Crippen molar-refractivity contribution in [3.8, 4) is 0 Å². The van der Waals surface area contributed by atoms with Crippen molar-refractivity contribution < 1.29 is 8.76 Å². The summed E-state index contributed by atoms with van der Waals surface area (Å²) >= 11 is -2.39. The highest BCUT2D eigenvalue weighted by atomic mass is 32.2. The first-order chi connectivity index (χ1) is 6.27. The molecule has 0 amide bonds. The number of H-pyrrole nitrogens is 1. The number of fused-ring (bicyclic) bond motifs is 1. The van der Waals surface area contributed by atoms with Gasteiger partial charge in [-0.05, 0) is 0 Å². The lowest BCUT2D eigenvalue weighted by Gasteiger charge is -2.06. The summed E-state index contributed by atoms with van der Waals surface area (Å²) in [6, 6.07) is 0. The molecule has 0 saturated carbocycles. The molecule has 0 aliphatic rings. The molecule has 68 valence electrons. The Hall–Kier alpha value is -1.54. The minimum atomic E-state index is -2.39. The molecule has 2 heterocycles. The van der Waals surface area contributed by atoms with E-state index in [0.29, 0.717) is 11.2 Å². The molecule has 0 saturated heterocycles. The zero-order valence-corrected chi connectivity index (χ0v) is 7.04. The molecule has 13 heavy (non-hydrogen) atoms. The normalized spacial score (nSPS) is 13.0. The van der Waals surface area contributed by atoms with Crippen molar-refractivity contribution in [3.63, 3.8) is 0 Å². The summed E-state index contributed by atoms with van der Waals surface area (Å²) in [6.45, 7) is 0. The van der Waals surface area contributed by atoms with Gasteiger partial charge in [-0.15, -0.1) is 0 Å². The Bertz CT molecular complexity index is 455. The summed E-state index contributed by atoms with van der Waals surface area (Å²) in [7, 11) is 0. The van der Waals surface area contributed by atoms with Crippen molar-refractivity contribution >= 4 is 28.2 Å². The first kappa shape index (κ1) is 8.08. The van der Waals surface area contributed by atoms with Crippen molar-refractivity contribution in [2.45, 2.75) is 0 Å². The molecule has 0 fully saturated rings. The lowest BCUT2D eigenvalue weighted by Crippen LogP contribution is -2.04. The van der Waals surface area contributed by atoms with E-state index in [2.05, 4.69) is 24.7 Å². The summed E-state index contributed by atoms with van der Waals surface area (Å²) in [6.07, 6.45) is 2.65. The first-order valence-corrected chi connectivity index (χ1v) is 4.35. The minimum Gasteiger partial charge on any atom is -0.755 e.